The Morgan fingerprint density at radius 2 is 1.79 bits per heavy atom. The van der Waals surface area contributed by atoms with E-state index in [4.69, 9.17) is 4.74 Å². The first-order valence-electron chi connectivity index (χ1n) is 10.8. The molecule has 0 unspecified atom stereocenters. The predicted molar refractivity (Wildman–Crippen MR) is 136 cm³/mol. The van der Waals surface area contributed by atoms with Crippen molar-refractivity contribution in [2.45, 2.75) is 30.0 Å². The number of hydrogen-bond acceptors (Lipinski definition) is 6. The average molecular weight is 536 g/mol. The van der Waals surface area contributed by atoms with E-state index in [0.717, 1.165) is 27.0 Å². The summed E-state index contributed by atoms with van der Waals surface area (Å²) in [7, 11) is 0. The monoisotopic (exact) mass is 535 g/mol. The van der Waals surface area contributed by atoms with Gasteiger partial charge in [-0.25, -0.2) is 4.68 Å². The van der Waals surface area contributed by atoms with Gasteiger partial charge in [-0.1, -0.05) is 75.7 Å². The number of ether oxygens (including phenoxy) is 1. The summed E-state index contributed by atoms with van der Waals surface area (Å²) in [6.07, 6.45) is 0. The van der Waals surface area contributed by atoms with Crippen molar-refractivity contribution in [2.24, 2.45) is 0 Å². The molecule has 1 aromatic heterocycles. The smallest absolute Gasteiger partial charge is 0.240 e. The molecule has 1 aliphatic rings. The first-order chi connectivity index (χ1) is 16.6. The lowest BCUT2D eigenvalue weighted by molar-refractivity contribution is -0.116. The summed E-state index contributed by atoms with van der Waals surface area (Å²) in [5.74, 6) is 1.28. The zero-order valence-corrected chi connectivity index (χ0v) is 20.7. The number of fused-ring (bicyclic) bond motifs is 1. The SMILES string of the molecule is Cc1ccc([C@@H]2Nn3c(COc4ccccc4)nnc3S[C@@H]2C(=O)Nc2ccc(Br)cc2)cc1. The number of hydrogen-bond donors (Lipinski definition) is 2. The molecule has 34 heavy (non-hydrogen) atoms. The highest BCUT2D eigenvalue weighted by atomic mass is 79.9. The van der Waals surface area contributed by atoms with Gasteiger partial charge in [0, 0.05) is 10.2 Å². The van der Waals surface area contributed by atoms with Crippen molar-refractivity contribution in [1.29, 1.82) is 0 Å². The Morgan fingerprint density at radius 1 is 1.06 bits per heavy atom. The fourth-order valence-electron chi connectivity index (χ4n) is 3.63. The van der Waals surface area contributed by atoms with Gasteiger partial charge in [0.15, 0.2) is 5.82 Å². The normalized spacial score (nSPS) is 16.9. The molecule has 0 bridgehead atoms. The standard InChI is InChI=1S/C25H22BrN5O2S/c1-16-7-9-17(10-8-16)22-23(24(32)27-19-13-11-18(26)12-14-19)34-25-29-28-21(31(25)30-22)15-33-20-5-3-2-4-6-20/h2-14,22-23,30H,15H2,1H3,(H,27,32)/t22-,23-/m0/s1. The number of thioether (sulfide) groups is 1. The van der Waals surface area contributed by atoms with Gasteiger partial charge in [-0.15, -0.1) is 10.2 Å². The Kier molecular flexibility index (Phi) is 6.55. The molecule has 0 saturated heterocycles. The van der Waals surface area contributed by atoms with Crippen LogP contribution in [0.1, 0.15) is 23.0 Å². The van der Waals surface area contributed by atoms with Crippen LogP contribution in [0.3, 0.4) is 0 Å². The van der Waals surface area contributed by atoms with Crippen molar-refractivity contribution >= 4 is 39.3 Å². The van der Waals surface area contributed by atoms with Crippen LogP contribution in [0.2, 0.25) is 0 Å². The van der Waals surface area contributed by atoms with E-state index in [1.807, 2.05) is 90.5 Å². The van der Waals surface area contributed by atoms with Gasteiger partial charge < -0.3 is 15.5 Å². The molecule has 0 aliphatic carbocycles. The van der Waals surface area contributed by atoms with E-state index in [0.29, 0.717) is 11.0 Å². The number of anilines is 1. The Labute approximate surface area is 210 Å². The number of benzene rings is 3. The van der Waals surface area contributed by atoms with Crippen molar-refractivity contribution in [3.05, 3.63) is 100 Å². The number of carbonyl (C=O) groups excluding carboxylic acids is 1. The van der Waals surface area contributed by atoms with Crippen molar-refractivity contribution in [3.8, 4) is 5.75 Å². The van der Waals surface area contributed by atoms with Gasteiger partial charge in [0.25, 0.3) is 0 Å². The molecule has 2 N–H and O–H groups in total. The molecule has 5 rings (SSSR count). The first kappa shape index (κ1) is 22.5. The average Bonchev–Trinajstić information content (AvgIpc) is 3.26. The first-order valence-corrected chi connectivity index (χ1v) is 12.4. The molecule has 0 spiro atoms. The van der Waals surface area contributed by atoms with Crippen LogP contribution in [0.25, 0.3) is 0 Å². The number of carbonyl (C=O) groups is 1. The van der Waals surface area contributed by atoms with Gasteiger partial charge in [0.2, 0.25) is 11.1 Å². The molecule has 4 aromatic rings. The predicted octanol–water partition coefficient (Wildman–Crippen LogP) is 5.33. The lowest BCUT2D eigenvalue weighted by atomic mass is 10.0. The Bertz CT molecular complexity index is 1280. The summed E-state index contributed by atoms with van der Waals surface area (Å²) in [5, 5.41) is 11.8. The van der Waals surface area contributed by atoms with Crippen LogP contribution in [-0.4, -0.2) is 26.0 Å². The number of aromatic nitrogens is 3. The molecular weight excluding hydrogens is 514 g/mol. The van der Waals surface area contributed by atoms with Gasteiger partial charge >= 0.3 is 0 Å². The van der Waals surface area contributed by atoms with Crippen LogP contribution in [0, 0.1) is 6.92 Å². The lowest BCUT2D eigenvalue weighted by Gasteiger charge is -2.33. The Hall–Kier alpha value is -3.30. The minimum Gasteiger partial charge on any atom is -0.486 e. The third-order valence-electron chi connectivity index (χ3n) is 5.42. The molecule has 3 aromatic carbocycles. The van der Waals surface area contributed by atoms with E-state index < -0.39 is 5.25 Å². The summed E-state index contributed by atoms with van der Waals surface area (Å²) in [5.41, 5.74) is 6.36. The summed E-state index contributed by atoms with van der Waals surface area (Å²) in [4.78, 5) is 13.4. The minimum atomic E-state index is -0.453. The molecule has 7 nitrogen and oxygen atoms in total. The fourth-order valence-corrected chi connectivity index (χ4v) is 4.99. The third-order valence-corrected chi connectivity index (χ3v) is 7.17. The van der Waals surface area contributed by atoms with E-state index in [9.17, 15) is 4.79 Å². The second kappa shape index (κ2) is 9.90. The van der Waals surface area contributed by atoms with Crippen molar-refractivity contribution in [1.82, 2.24) is 14.9 Å². The second-order valence-corrected chi connectivity index (χ2v) is 9.91. The number of aryl methyl sites for hydroxylation is 1. The number of nitrogens with zero attached hydrogens (tertiary/aromatic N) is 3. The van der Waals surface area contributed by atoms with Gasteiger partial charge in [-0.2, -0.15) is 0 Å². The molecule has 9 heteroatoms. The molecule has 2 heterocycles. The van der Waals surface area contributed by atoms with Crippen LogP contribution in [-0.2, 0) is 11.4 Å². The molecule has 0 saturated carbocycles. The van der Waals surface area contributed by atoms with Gasteiger partial charge in [0.05, 0.1) is 6.04 Å². The quantitative estimate of drug-likeness (QED) is 0.347. The van der Waals surface area contributed by atoms with Crippen LogP contribution < -0.4 is 15.5 Å². The van der Waals surface area contributed by atoms with Crippen molar-refractivity contribution < 1.29 is 9.53 Å². The van der Waals surface area contributed by atoms with E-state index >= 15 is 0 Å². The molecule has 172 valence electrons. The van der Waals surface area contributed by atoms with Crippen molar-refractivity contribution in [2.75, 3.05) is 10.7 Å². The van der Waals surface area contributed by atoms with Crippen LogP contribution in [0.15, 0.2) is 88.5 Å². The number of rotatable bonds is 6. The van der Waals surface area contributed by atoms with E-state index in [2.05, 4.69) is 36.9 Å². The summed E-state index contributed by atoms with van der Waals surface area (Å²) in [6.45, 7) is 2.29. The number of amides is 1. The Morgan fingerprint density at radius 3 is 2.53 bits per heavy atom. The Balaban J connectivity index is 1.41. The molecule has 2 atom stereocenters. The highest BCUT2D eigenvalue weighted by Gasteiger charge is 2.38. The zero-order chi connectivity index (χ0) is 23.5. The third kappa shape index (κ3) is 4.95. The number of halogens is 1. The van der Waals surface area contributed by atoms with Crippen LogP contribution >= 0.6 is 27.7 Å². The minimum absolute atomic E-state index is 0.110. The molecule has 0 fully saturated rings. The maximum absolute atomic E-state index is 13.4. The zero-order valence-electron chi connectivity index (χ0n) is 18.3. The summed E-state index contributed by atoms with van der Waals surface area (Å²) < 4.78 is 8.66. The lowest BCUT2D eigenvalue weighted by Crippen LogP contribution is -2.41. The maximum Gasteiger partial charge on any atom is 0.240 e. The largest absolute Gasteiger partial charge is 0.486 e. The van der Waals surface area contributed by atoms with Crippen LogP contribution in [0.4, 0.5) is 5.69 Å². The van der Waals surface area contributed by atoms with Gasteiger partial charge in [0.1, 0.15) is 17.6 Å². The molecule has 1 amide bonds. The number of nitrogens with one attached hydrogen (secondary N) is 2. The summed E-state index contributed by atoms with van der Waals surface area (Å²) >= 11 is 4.81. The topological polar surface area (TPSA) is 81.1 Å². The fraction of sp³-hybridized carbons (Fsp3) is 0.160. The highest BCUT2D eigenvalue weighted by molar-refractivity contribution is 9.10. The van der Waals surface area contributed by atoms with Crippen molar-refractivity contribution in [3.63, 3.8) is 0 Å². The van der Waals surface area contributed by atoms with Gasteiger partial charge in [-0.05, 0) is 48.9 Å². The maximum atomic E-state index is 13.4. The molecule has 0 radical (unpaired) electrons. The van der Waals surface area contributed by atoms with Crippen LogP contribution in [0.5, 0.6) is 5.75 Å². The molecule has 1 aliphatic heterocycles. The highest BCUT2D eigenvalue weighted by Crippen LogP contribution is 2.37. The van der Waals surface area contributed by atoms with E-state index in [-0.39, 0.29) is 18.6 Å². The van der Waals surface area contributed by atoms with E-state index in [1.165, 1.54) is 11.8 Å². The van der Waals surface area contributed by atoms with E-state index in [1.54, 1.807) is 0 Å². The number of para-hydroxylation sites is 1. The molecular formula is C25H22BrN5O2S. The van der Waals surface area contributed by atoms with Gasteiger partial charge in [-0.3, -0.25) is 4.79 Å². The second-order valence-electron chi connectivity index (χ2n) is 7.89. The summed E-state index contributed by atoms with van der Waals surface area (Å²) in [6, 6.07) is 25.0.